The number of amides is 2. The van der Waals surface area contributed by atoms with Crippen molar-refractivity contribution >= 4 is 12.0 Å². The highest BCUT2D eigenvalue weighted by Gasteiger charge is 2.40. The fraction of sp³-hybridized carbons (Fsp3) is 0.450. The maximum Gasteiger partial charge on any atom is 0.315 e. The molecule has 0 radical (unpaired) electrons. The summed E-state index contributed by atoms with van der Waals surface area (Å²) < 4.78 is 1.85. The molecular weight excluding hydrogens is 344 g/mol. The molecule has 0 aliphatic heterocycles. The third-order valence-corrected chi connectivity index (χ3v) is 5.57. The normalized spacial score (nSPS) is 27.0. The number of aromatic nitrogens is 2. The Morgan fingerprint density at radius 2 is 1.81 bits per heavy atom. The van der Waals surface area contributed by atoms with Crippen molar-refractivity contribution in [3.63, 3.8) is 0 Å². The Morgan fingerprint density at radius 3 is 2.52 bits per heavy atom. The number of hydrogen-bond acceptors (Lipinski definition) is 3. The minimum atomic E-state index is -0.727. The molecule has 2 saturated carbocycles. The molecule has 7 nitrogen and oxygen atoms in total. The van der Waals surface area contributed by atoms with E-state index >= 15 is 0 Å². The molecule has 0 saturated heterocycles. The lowest BCUT2D eigenvalue weighted by Crippen LogP contribution is -2.45. The number of aliphatic carboxylic acids is 1. The lowest BCUT2D eigenvalue weighted by molar-refractivity contribution is -0.142. The van der Waals surface area contributed by atoms with Crippen LogP contribution in [0.5, 0.6) is 0 Å². The molecule has 0 unspecified atom stereocenters. The average molecular weight is 368 g/mol. The van der Waals surface area contributed by atoms with Crippen molar-refractivity contribution in [2.75, 3.05) is 0 Å². The minimum Gasteiger partial charge on any atom is -0.481 e. The molecule has 2 aliphatic carbocycles. The van der Waals surface area contributed by atoms with E-state index in [1.54, 1.807) is 0 Å². The summed E-state index contributed by atoms with van der Waals surface area (Å²) in [5.41, 5.74) is 2.15. The van der Waals surface area contributed by atoms with Crippen molar-refractivity contribution in [3.05, 3.63) is 48.3 Å². The molecule has 1 aromatic heterocycles. The monoisotopic (exact) mass is 368 g/mol. The second kappa shape index (κ2) is 7.42. The molecule has 27 heavy (non-hydrogen) atoms. The third-order valence-electron chi connectivity index (χ3n) is 5.57. The SMILES string of the molecule is O=C(NC1CCC(C(=O)O)CC1)N[C@@H]1C[C@H]1c1cnn(-c2ccccc2)c1. The van der Waals surface area contributed by atoms with Crippen molar-refractivity contribution in [1.82, 2.24) is 20.4 Å². The molecule has 4 rings (SSSR count). The highest BCUT2D eigenvalue weighted by Crippen LogP contribution is 2.40. The van der Waals surface area contributed by atoms with Gasteiger partial charge < -0.3 is 15.7 Å². The number of carboxylic acids is 1. The van der Waals surface area contributed by atoms with Gasteiger partial charge in [-0.15, -0.1) is 0 Å². The first-order valence-electron chi connectivity index (χ1n) is 9.50. The minimum absolute atomic E-state index is 0.0682. The van der Waals surface area contributed by atoms with Crippen molar-refractivity contribution in [2.24, 2.45) is 5.92 Å². The predicted octanol–water partition coefficient (Wildman–Crippen LogP) is 2.67. The number of carboxylic acid groups (broad SMARTS) is 1. The Morgan fingerprint density at radius 1 is 1.07 bits per heavy atom. The first kappa shape index (κ1) is 17.6. The maximum absolute atomic E-state index is 12.2. The number of hydrogen-bond donors (Lipinski definition) is 3. The van der Waals surface area contributed by atoms with Crippen LogP contribution in [-0.2, 0) is 4.79 Å². The molecule has 0 bridgehead atoms. The van der Waals surface area contributed by atoms with Crippen LogP contribution in [0.4, 0.5) is 4.79 Å². The number of urea groups is 1. The van der Waals surface area contributed by atoms with Gasteiger partial charge in [0.15, 0.2) is 0 Å². The van der Waals surface area contributed by atoms with E-state index in [2.05, 4.69) is 15.7 Å². The van der Waals surface area contributed by atoms with Gasteiger partial charge >= 0.3 is 12.0 Å². The zero-order valence-electron chi connectivity index (χ0n) is 15.0. The first-order chi connectivity index (χ1) is 13.1. The molecule has 142 valence electrons. The van der Waals surface area contributed by atoms with E-state index in [4.69, 9.17) is 5.11 Å². The standard InChI is InChI=1S/C20H24N4O3/c25-19(26)13-6-8-15(9-7-13)22-20(27)23-18-10-17(18)14-11-21-24(12-14)16-4-2-1-3-5-16/h1-5,11-13,15,17-18H,6-10H2,(H,25,26)(H2,22,23,27)/t13?,15?,17-,18+/m0/s1. The number of carbonyl (C=O) groups is 2. The molecule has 2 fully saturated rings. The van der Waals surface area contributed by atoms with Crippen molar-refractivity contribution in [2.45, 2.75) is 50.1 Å². The Bertz CT molecular complexity index is 812. The Hall–Kier alpha value is -2.83. The molecular formula is C20H24N4O3. The zero-order chi connectivity index (χ0) is 18.8. The van der Waals surface area contributed by atoms with E-state index in [-0.39, 0.29) is 24.0 Å². The maximum atomic E-state index is 12.2. The summed E-state index contributed by atoms with van der Waals surface area (Å²) in [5, 5.41) is 19.5. The summed E-state index contributed by atoms with van der Waals surface area (Å²) in [4.78, 5) is 23.2. The first-order valence-corrected chi connectivity index (χ1v) is 9.50. The van der Waals surface area contributed by atoms with Gasteiger partial charge in [-0.3, -0.25) is 4.79 Å². The molecule has 7 heteroatoms. The van der Waals surface area contributed by atoms with Crippen LogP contribution < -0.4 is 10.6 Å². The lowest BCUT2D eigenvalue weighted by atomic mass is 9.86. The zero-order valence-corrected chi connectivity index (χ0v) is 15.0. The van der Waals surface area contributed by atoms with E-state index in [1.807, 2.05) is 47.4 Å². The number of rotatable bonds is 5. The molecule has 1 aromatic carbocycles. The number of benzene rings is 1. The van der Waals surface area contributed by atoms with Crippen LogP contribution in [0.3, 0.4) is 0 Å². The summed E-state index contributed by atoms with van der Waals surface area (Å²) in [6, 6.07) is 9.99. The van der Waals surface area contributed by atoms with Crippen LogP contribution in [0.25, 0.3) is 5.69 Å². The molecule has 2 aliphatic rings. The van der Waals surface area contributed by atoms with E-state index < -0.39 is 5.97 Å². The largest absolute Gasteiger partial charge is 0.481 e. The number of nitrogens with one attached hydrogen (secondary N) is 2. The van der Waals surface area contributed by atoms with E-state index in [0.29, 0.717) is 18.8 Å². The van der Waals surface area contributed by atoms with Crippen LogP contribution in [-0.4, -0.2) is 39.0 Å². The Balaban J connectivity index is 1.25. The summed E-state index contributed by atoms with van der Waals surface area (Å²) in [7, 11) is 0. The van der Waals surface area contributed by atoms with Gasteiger partial charge in [0, 0.05) is 24.2 Å². The number of para-hydroxylation sites is 1. The second-order valence-corrected chi connectivity index (χ2v) is 7.51. The molecule has 2 aromatic rings. The molecule has 2 amide bonds. The molecule has 0 spiro atoms. The second-order valence-electron chi connectivity index (χ2n) is 7.51. The highest BCUT2D eigenvalue weighted by atomic mass is 16.4. The van der Waals surface area contributed by atoms with Crippen LogP contribution >= 0.6 is 0 Å². The van der Waals surface area contributed by atoms with Gasteiger partial charge in [-0.05, 0) is 49.8 Å². The van der Waals surface area contributed by atoms with Crippen LogP contribution in [0.2, 0.25) is 0 Å². The van der Waals surface area contributed by atoms with Crippen LogP contribution in [0, 0.1) is 5.92 Å². The third kappa shape index (κ3) is 4.13. The summed E-state index contributed by atoms with van der Waals surface area (Å²) >= 11 is 0. The fourth-order valence-corrected chi connectivity index (χ4v) is 3.85. The number of nitrogens with zero attached hydrogens (tertiary/aromatic N) is 2. The van der Waals surface area contributed by atoms with E-state index in [9.17, 15) is 9.59 Å². The van der Waals surface area contributed by atoms with Crippen LogP contribution in [0.15, 0.2) is 42.7 Å². The smallest absolute Gasteiger partial charge is 0.315 e. The quantitative estimate of drug-likeness (QED) is 0.756. The Labute approximate surface area is 157 Å². The van der Waals surface area contributed by atoms with Crippen molar-refractivity contribution in [1.29, 1.82) is 0 Å². The van der Waals surface area contributed by atoms with Crippen molar-refractivity contribution < 1.29 is 14.7 Å². The van der Waals surface area contributed by atoms with Gasteiger partial charge in [-0.2, -0.15) is 5.10 Å². The van der Waals surface area contributed by atoms with Gasteiger partial charge in [0.05, 0.1) is 17.8 Å². The highest BCUT2D eigenvalue weighted by molar-refractivity contribution is 5.75. The predicted molar refractivity (Wildman–Crippen MR) is 99.8 cm³/mol. The average Bonchev–Trinajstić information content (AvgIpc) is 3.25. The summed E-state index contributed by atoms with van der Waals surface area (Å²) in [6.07, 6.45) is 7.51. The van der Waals surface area contributed by atoms with Gasteiger partial charge in [0.2, 0.25) is 0 Å². The molecule has 3 N–H and O–H groups in total. The van der Waals surface area contributed by atoms with Gasteiger partial charge in [-0.25, -0.2) is 9.48 Å². The topological polar surface area (TPSA) is 96.2 Å². The van der Waals surface area contributed by atoms with Gasteiger partial charge in [0.25, 0.3) is 0 Å². The van der Waals surface area contributed by atoms with Gasteiger partial charge in [-0.1, -0.05) is 18.2 Å². The number of carbonyl (C=O) groups excluding carboxylic acids is 1. The molecule has 2 atom stereocenters. The fourth-order valence-electron chi connectivity index (χ4n) is 3.85. The molecule has 1 heterocycles. The van der Waals surface area contributed by atoms with Crippen LogP contribution in [0.1, 0.15) is 43.6 Å². The lowest BCUT2D eigenvalue weighted by Gasteiger charge is -2.26. The van der Waals surface area contributed by atoms with E-state index in [0.717, 1.165) is 30.5 Å². The van der Waals surface area contributed by atoms with E-state index in [1.165, 1.54) is 0 Å². The summed E-state index contributed by atoms with van der Waals surface area (Å²) in [6.45, 7) is 0. The Kier molecular flexibility index (Phi) is 4.83. The van der Waals surface area contributed by atoms with Gasteiger partial charge in [0.1, 0.15) is 0 Å². The summed E-state index contributed by atoms with van der Waals surface area (Å²) in [5.74, 6) is -0.689. The van der Waals surface area contributed by atoms with Crippen molar-refractivity contribution in [3.8, 4) is 5.69 Å².